The van der Waals surface area contributed by atoms with Crippen LogP contribution >= 0.6 is 15.9 Å². The van der Waals surface area contributed by atoms with Gasteiger partial charge in [0, 0.05) is 24.6 Å². The van der Waals surface area contributed by atoms with Crippen molar-refractivity contribution >= 4 is 33.2 Å². The predicted octanol–water partition coefficient (Wildman–Crippen LogP) is 1.79. The van der Waals surface area contributed by atoms with Crippen LogP contribution in [0.25, 0.3) is 0 Å². The molecule has 0 saturated heterocycles. The van der Waals surface area contributed by atoms with Gasteiger partial charge in [0.15, 0.2) is 0 Å². The van der Waals surface area contributed by atoms with Gasteiger partial charge in [0.25, 0.3) is 0 Å². The summed E-state index contributed by atoms with van der Waals surface area (Å²) in [6.07, 6.45) is 0. The standard InChI is InChI=1S/C13H18BrN3O/c1-15(2)6-7-17-11-5-4-10(14)8-12(11)16(3)9-13(17)18/h4-5,8H,6-7,9H2,1-3H3. The number of rotatable bonds is 3. The fourth-order valence-corrected chi connectivity index (χ4v) is 2.43. The lowest BCUT2D eigenvalue weighted by molar-refractivity contribution is -0.117. The Hall–Kier alpha value is -1.07. The Kier molecular flexibility index (Phi) is 3.92. The van der Waals surface area contributed by atoms with Crippen molar-refractivity contribution in [3.05, 3.63) is 22.7 Å². The summed E-state index contributed by atoms with van der Waals surface area (Å²) in [6, 6.07) is 6.04. The highest BCUT2D eigenvalue weighted by Crippen LogP contribution is 2.34. The highest BCUT2D eigenvalue weighted by Gasteiger charge is 2.27. The molecular formula is C13H18BrN3O. The summed E-state index contributed by atoms with van der Waals surface area (Å²) in [7, 11) is 5.98. The van der Waals surface area contributed by atoms with Gasteiger partial charge < -0.3 is 14.7 Å². The summed E-state index contributed by atoms with van der Waals surface area (Å²) in [5, 5.41) is 0. The summed E-state index contributed by atoms with van der Waals surface area (Å²) < 4.78 is 1.04. The fraction of sp³-hybridized carbons (Fsp3) is 0.462. The van der Waals surface area contributed by atoms with E-state index in [1.165, 1.54) is 0 Å². The van der Waals surface area contributed by atoms with Gasteiger partial charge in [-0.2, -0.15) is 0 Å². The molecule has 1 aliphatic heterocycles. The molecule has 0 spiro atoms. The predicted molar refractivity (Wildman–Crippen MR) is 78.3 cm³/mol. The van der Waals surface area contributed by atoms with E-state index in [-0.39, 0.29) is 5.91 Å². The average molecular weight is 312 g/mol. The second-order valence-electron chi connectivity index (χ2n) is 4.84. The number of nitrogens with zero attached hydrogens (tertiary/aromatic N) is 3. The zero-order valence-electron chi connectivity index (χ0n) is 11.0. The molecule has 0 fully saturated rings. The summed E-state index contributed by atoms with van der Waals surface area (Å²) in [4.78, 5) is 18.1. The minimum Gasteiger partial charge on any atom is -0.364 e. The van der Waals surface area contributed by atoms with Gasteiger partial charge in [-0.05, 0) is 32.3 Å². The topological polar surface area (TPSA) is 26.8 Å². The first kappa shape index (κ1) is 13.4. The van der Waals surface area contributed by atoms with Crippen LogP contribution in [0.4, 0.5) is 11.4 Å². The smallest absolute Gasteiger partial charge is 0.246 e. The van der Waals surface area contributed by atoms with Crippen LogP contribution in [-0.2, 0) is 4.79 Å². The number of halogens is 1. The summed E-state index contributed by atoms with van der Waals surface area (Å²) in [5.41, 5.74) is 2.10. The van der Waals surface area contributed by atoms with Gasteiger partial charge in [-0.25, -0.2) is 0 Å². The van der Waals surface area contributed by atoms with Gasteiger partial charge in [-0.3, -0.25) is 4.79 Å². The monoisotopic (exact) mass is 311 g/mol. The maximum absolute atomic E-state index is 12.1. The SMILES string of the molecule is CN(C)CCN1C(=O)CN(C)c2cc(Br)ccc21. The molecule has 1 aromatic carbocycles. The zero-order valence-corrected chi connectivity index (χ0v) is 12.6. The van der Waals surface area contributed by atoms with Gasteiger partial charge in [-0.15, -0.1) is 0 Å². The molecule has 0 unspecified atom stereocenters. The normalized spacial score (nSPS) is 15.3. The third kappa shape index (κ3) is 2.67. The van der Waals surface area contributed by atoms with E-state index >= 15 is 0 Å². The molecule has 0 radical (unpaired) electrons. The van der Waals surface area contributed by atoms with Crippen LogP contribution in [0.3, 0.4) is 0 Å². The number of likely N-dealkylation sites (N-methyl/N-ethyl adjacent to an activating group) is 2. The number of fused-ring (bicyclic) bond motifs is 1. The second-order valence-corrected chi connectivity index (χ2v) is 5.75. The molecule has 0 aromatic heterocycles. The van der Waals surface area contributed by atoms with Gasteiger partial charge in [0.05, 0.1) is 17.9 Å². The van der Waals surface area contributed by atoms with Crippen molar-refractivity contribution in [3.63, 3.8) is 0 Å². The van der Waals surface area contributed by atoms with E-state index in [0.29, 0.717) is 6.54 Å². The Bertz CT molecular complexity index is 462. The molecule has 98 valence electrons. The first-order valence-corrected chi connectivity index (χ1v) is 6.74. The molecule has 1 amide bonds. The van der Waals surface area contributed by atoms with E-state index < -0.39 is 0 Å². The van der Waals surface area contributed by atoms with Crippen LogP contribution in [-0.4, -0.2) is 51.6 Å². The van der Waals surface area contributed by atoms with Crippen molar-refractivity contribution in [2.45, 2.75) is 0 Å². The molecule has 18 heavy (non-hydrogen) atoms. The van der Waals surface area contributed by atoms with Crippen molar-refractivity contribution in [2.24, 2.45) is 0 Å². The van der Waals surface area contributed by atoms with E-state index in [1.807, 2.05) is 43.1 Å². The lowest BCUT2D eigenvalue weighted by Gasteiger charge is -2.35. The Morgan fingerprint density at radius 3 is 2.72 bits per heavy atom. The maximum Gasteiger partial charge on any atom is 0.246 e. The summed E-state index contributed by atoms with van der Waals surface area (Å²) in [6.45, 7) is 2.04. The third-order valence-electron chi connectivity index (χ3n) is 3.08. The highest BCUT2D eigenvalue weighted by molar-refractivity contribution is 9.10. The zero-order chi connectivity index (χ0) is 13.3. The first-order valence-electron chi connectivity index (χ1n) is 5.95. The number of hydrogen-bond acceptors (Lipinski definition) is 3. The Morgan fingerprint density at radius 2 is 2.06 bits per heavy atom. The number of benzene rings is 1. The van der Waals surface area contributed by atoms with Crippen molar-refractivity contribution in [1.29, 1.82) is 0 Å². The van der Waals surface area contributed by atoms with Crippen LogP contribution in [0, 0.1) is 0 Å². The van der Waals surface area contributed by atoms with Crippen molar-refractivity contribution in [2.75, 3.05) is 50.6 Å². The van der Waals surface area contributed by atoms with Crippen molar-refractivity contribution in [1.82, 2.24) is 4.90 Å². The number of hydrogen-bond donors (Lipinski definition) is 0. The fourth-order valence-electron chi connectivity index (χ4n) is 2.08. The van der Waals surface area contributed by atoms with Gasteiger partial charge >= 0.3 is 0 Å². The molecule has 0 N–H and O–H groups in total. The molecule has 1 aromatic rings. The quantitative estimate of drug-likeness (QED) is 0.851. The van der Waals surface area contributed by atoms with E-state index in [2.05, 4.69) is 26.9 Å². The lowest BCUT2D eigenvalue weighted by Crippen LogP contribution is -2.46. The molecule has 1 heterocycles. The van der Waals surface area contributed by atoms with Gasteiger partial charge in [-0.1, -0.05) is 15.9 Å². The maximum atomic E-state index is 12.1. The minimum atomic E-state index is 0.161. The van der Waals surface area contributed by atoms with Crippen LogP contribution in [0.1, 0.15) is 0 Å². The van der Waals surface area contributed by atoms with Crippen molar-refractivity contribution in [3.8, 4) is 0 Å². The third-order valence-corrected chi connectivity index (χ3v) is 3.58. The highest BCUT2D eigenvalue weighted by atomic mass is 79.9. The average Bonchev–Trinajstić information content (AvgIpc) is 2.29. The number of carbonyl (C=O) groups is 1. The molecule has 4 nitrogen and oxygen atoms in total. The Balaban J connectivity index is 2.31. The Labute approximate surface area is 116 Å². The number of carbonyl (C=O) groups excluding carboxylic acids is 1. The molecular weight excluding hydrogens is 294 g/mol. The molecule has 2 rings (SSSR count). The van der Waals surface area contributed by atoms with Crippen LogP contribution in [0.2, 0.25) is 0 Å². The molecule has 0 aliphatic carbocycles. The largest absolute Gasteiger partial charge is 0.364 e. The Morgan fingerprint density at radius 1 is 1.33 bits per heavy atom. The van der Waals surface area contributed by atoms with Crippen LogP contribution < -0.4 is 9.80 Å². The van der Waals surface area contributed by atoms with Crippen LogP contribution in [0.5, 0.6) is 0 Å². The van der Waals surface area contributed by atoms with E-state index in [0.717, 1.165) is 28.9 Å². The summed E-state index contributed by atoms with van der Waals surface area (Å²) in [5.74, 6) is 0.161. The second kappa shape index (κ2) is 5.28. The van der Waals surface area contributed by atoms with E-state index in [1.54, 1.807) is 0 Å². The van der Waals surface area contributed by atoms with Crippen LogP contribution in [0.15, 0.2) is 22.7 Å². The van der Waals surface area contributed by atoms with Gasteiger partial charge in [0.2, 0.25) is 5.91 Å². The minimum absolute atomic E-state index is 0.161. The molecule has 0 bridgehead atoms. The van der Waals surface area contributed by atoms with Crippen molar-refractivity contribution < 1.29 is 4.79 Å². The first-order chi connectivity index (χ1) is 8.49. The van der Waals surface area contributed by atoms with Gasteiger partial charge in [0.1, 0.15) is 0 Å². The lowest BCUT2D eigenvalue weighted by atomic mass is 10.1. The molecule has 5 heteroatoms. The molecule has 0 atom stereocenters. The summed E-state index contributed by atoms with van der Waals surface area (Å²) >= 11 is 3.48. The molecule has 1 aliphatic rings. The van der Waals surface area contributed by atoms with E-state index in [9.17, 15) is 4.79 Å². The van der Waals surface area contributed by atoms with E-state index in [4.69, 9.17) is 0 Å². The number of amides is 1. The number of anilines is 2. The molecule has 0 saturated carbocycles.